The van der Waals surface area contributed by atoms with Gasteiger partial charge in [0.1, 0.15) is 0 Å². The number of likely N-dealkylation sites (tertiary alicyclic amines) is 1. The Bertz CT molecular complexity index is 411. The number of guanidine groups is 1. The van der Waals surface area contributed by atoms with Gasteiger partial charge in [-0.15, -0.1) is 0 Å². The predicted octanol–water partition coefficient (Wildman–Crippen LogP) is 1.99. The number of nitrogens with zero attached hydrogens (tertiary/aromatic N) is 2. The number of carbonyl (C=O) groups is 1. The first kappa shape index (κ1) is 16.6. The van der Waals surface area contributed by atoms with Gasteiger partial charge in [-0.3, -0.25) is 9.79 Å². The van der Waals surface area contributed by atoms with E-state index in [2.05, 4.69) is 17.6 Å². The van der Waals surface area contributed by atoms with Crippen LogP contribution in [-0.4, -0.2) is 49.5 Å². The Hall–Kier alpha value is -1.26. The first-order valence-electron chi connectivity index (χ1n) is 9.58. The topological polar surface area (TPSA) is 56.7 Å². The molecule has 2 saturated carbocycles. The van der Waals surface area contributed by atoms with E-state index in [1.54, 1.807) is 0 Å². The van der Waals surface area contributed by atoms with Gasteiger partial charge in [0.25, 0.3) is 0 Å². The van der Waals surface area contributed by atoms with E-state index < -0.39 is 0 Å². The van der Waals surface area contributed by atoms with Gasteiger partial charge < -0.3 is 15.5 Å². The summed E-state index contributed by atoms with van der Waals surface area (Å²) in [7, 11) is 0. The first-order chi connectivity index (χ1) is 11.3. The fraction of sp³-hybridized carbons (Fsp3) is 0.889. The van der Waals surface area contributed by atoms with Crippen LogP contribution >= 0.6 is 0 Å². The van der Waals surface area contributed by atoms with Crippen LogP contribution in [0.25, 0.3) is 0 Å². The summed E-state index contributed by atoms with van der Waals surface area (Å²) < 4.78 is 0. The van der Waals surface area contributed by atoms with Crippen LogP contribution in [0.2, 0.25) is 0 Å². The summed E-state index contributed by atoms with van der Waals surface area (Å²) in [6.45, 7) is 6.47. The van der Waals surface area contributed by atoms with E-state index in [-0.39, 0.29) is 5.91 Å². The molecule has 2 aliphatic carbocycles. The zero-order chi connectivity index (χ0) is 16.1. The quantitative estimate of drug-likeness (QED) is 0.531. The van der Waals surface area contributed by atoms with E-state index in [0.717, 1.165) is 62.7 Å². The molecule has 1 saturated heterocycles. The van der Waals surface area contributed by atoms with Gasteiger partial charge >= 0.3 is 0 Å². The number of hydrogen-bond acceptors (Lipinski definition) is 2. The van der Waals surface area contributed by atoms with E-state index in [0.29, 0.717) is 13.0 Å². The minimum absolute atomic E-state index is 0.277. The first-order valence-corrected chi connectivity index (χ1v) is 9.58. The summed E-state index contributed by atoms with van der Waals surface area (Å²) in [5.74, 6) is 3.83. The lowest BCUT2D eigenvalue weighted by Crippen LogP contribution is -2.40. The van der Waals surface area contributed by atoms with Gasteiger partial charge in [-0.25, -0.2) is 0 Å². The lowest BCUT2D eigenvalue weighted by molar-refractivity contribution is -0.129. The van der Waals surface area contributed by atoms with Crippen molar-refractivity contribution >= 4 is 11.9 Å². The fourth-order valence-corrected chi connectivity index (χ4v) is 3.68. The Morgan fingerprint density at radius 1 is 1.13 bits per heavy atom. The van der Waals surface area contributed by atoms with Gasteiger partial charge in [0.15, 0.2) is 5.96 Å². The molecular formula is C18H32N4O. The van der Waals surface area contributed by atoms with Crippen molar-refractivity contribution < 1.29 is 4.79 Å². The average molecular weight is 320 g/mol. The predicted molar refractivity (Wildman–Crippen MR) is 93.4 cm³/mol. The van der Waals surface area contributed by atoms with Crippen molar-refractivity contribution in [3.05, 3.63) is 0 Å². The molecular weight excluding hydrogens is 288 g/mol. The van der Waals surface area contributed by atoms with Crippen molar-refractivity contribution in [3.8, 4) is 0 Å². The van der Waals surface area contributed by atoms with Crippen molar-refractivity contribution in [1.29, 1.82) is 0 Å². The Labute approximate surface area is 140 Å². The van der Waals surface area contributed by atoms with Gasteiger partial charge in [-0.2, -0.15) is 0 Å². The lowest BCUT2D eigenvalue weighted by Gasteiger charge is -2.17. The number of rotatable bonds is 8. The van der Waals surface area contributed by atoms with Crippen molar-refractivity contribution in [2.45, 2.75) is 51.9 Å². The third-order valence-electron chi connectivity index (χ3n) is 5.35. The SMILES string of the molecule is CCNC(=NCC(C1CC1)C1CC1)NCCC(=O)N1CCCC1. The maximum absolute atomic E-state index is 12.1. The van der Waals surface area contributed by atoms with Gasteiger partial charge in [0.2, 0.25) is 5.91 Å². The normalized spacial score (nSPS) is 21.8. The van der Waals surface area contributed by atoms with Gasteiger partial charge in [-0.05, 0) is 63.2 Å². The number of hydrogen-bond donors (Lipinski definition) is 2. The zero-order valence-electron chi connectivity index (χ0n) is 14.5. The Morgan fingerprint density at radius 3 is 2.35 bits per heavy atom. The summed E-state index contributed by atoms with van der Waals surface area (Å²) in [5.41, 5.74) is 0. The fourth-order valence-electron chi connectivity index (χ4n) is 3.68. The smallest absolute Gasteiger partial charge is 0.224 e. The average Bonchev–Trinajstić information content (AvgIpc) is 3.48. The summed E-state index contributed by atoms with van der Waals surface area (Å²) in [6, 6.07) is 0. The van der Waals surface area contributed by atoms with Crippen LogP contribution in [0.1, 0.15) is 51.9 Å². The molecule has 1 heterocycles. The molecule has 23 heavy (non-hydrogen) atoms. The second kappa shape index (κ2) is 8.02. The molecule has 5 nitrogen and oxygen atoms in total. The second-order valence-corrected chi connectivity index (χ2v) is 7.32. The maximum atomic E-state index is 12.1. The maximum Gasteiger partial charge on any atom is 0.224 e. The van der Waals surface area contributed by atoms with Gasteiger partial charge in [0, 0.05) is 39.1 Å². The van der Waals surface area contributed by atoms with Gasteiger partial charge in [-0.1, -0.05) is 0 Å². The molecule has 0 unspecified atom stereocenters. The monoisotopic (exact) mass is 320 g/mol. The molecule has 1 amide bonds. The van der Waals surface area contributed by atoms with Crippen molar-refractivity contribution in [2.75, 3.05) is 32.7 Å². The lowest BCUT2D eigenvalue weighted by atomic mass is 9.98. The molecule has 3 aliphatic rings. The molecule has 0 atom stereocenters. The van der Waals surface area contributed by atoms with Crippen molar-refractivity contribution in [3.63, 3.8) is 0 Å². The molecule has 3 fully saturated rings. The van der Waals surface area contributed by atoms with Gasteiger partial charge in [0.05, 0.1) is 0 Å². The Balaban J connectivity index is 1.41. The standard InChI is InChI=1S/C18H32N4O/c1-2-19-18(20-10-9-17(23)22-11-3-4-12-22)21-13-16(14-5-6-14)15-7-8-15/h14-16H,2-13H2,1H3,(H2,19,20,21). The molecule has 2 N–H and O–H groups in total. The Morgan fingerprint density at radius 2 is 1.78 bits per heavy atom. The van der Waals surface area contributed by atoms with E-state index in [9.17, 15) is 4.79 Å². The number of aliphatic imine (C=N–C) groups is 1. The molecule has 5 heteroatoms. The van der Waals surface area contributed by atoms with Crippen molar-refractivity contribution in [2.24, 2.45) is 22.7 Å². The molecule has 0 radical (unpaired) electrons. The third-order valence-corrected chi connectivity index (χ3v) is 5.35. The van der Waals surface area contributed by atoms with E-state index in [1.807, 2.05) is 4.90 Å². The molecule has 0 spiro atoms. The second-order valence-electron chi connectivity index (χ2n) is 7.32. The van der Waals surface area contributed by atoms with Crippen LogP contribution in [-0.2, 0) is 4.79 Å². The third kappa shape index (κ3) is 5.11. The van der Waals surface area contributed by atoms with Crippen molar-refractivity contribution in [1.82, 2.24) is 15.5 Å². The molecule has 0 aromatic rings. The van der Waals surface area contributed by atoms with E-state index in [4.69, 9.17) is 4.99 Å². The summed E-state index contributed by atoms with van der Waals surface area (Å²) in [6.07, 6.45) is 8.52. The largest absolute Gasteiger partial charge is 0.357 e. The minimum Gasteiger partial charge on any atom is -0.357 e. The van der Waals surface area contributed by atoms with Crippen LogP contribution in [0.5, 0.6) is 0 Å². The summed E-state index contributed by atoms with van der Waals surface area (Å²) in [5, 5.41) is 6.65. The molecule has 0 aromatic heterocycles. The number of carbonyl (C=O) groups excluding carboxylic acids is 1. The van der Waals surface area contributed by atoms with Crippen LogP contribution < -0.4 is 10.6 Å². The molecule has 1 aliphatic heterocycles. The zero-order valence-corrected chi connectivity index (χ0v) is 14.5. The number of amides is 1. The van der Waals surface area contributed by atoms with E-state index >= 15 is 0 Å². The van der Waals surface area contributed by atoms with Crippen LogP contribution in [0.15, 0.2) is 4.99 Å². The molecule has 0 aromatic carbocycles. The highest BCUT2D eigenvalue weighted by molar-refractivity contribution is 5.81. The highest BCUT2D eigenvalue weighted by atomic mass is 16.2. The molecule has 3 rings (SSSR count). The highest BCUT2D eigenvalue weighted by Gasteiger charge is 2.41. The molecule has 130 valence electrons. The highest BCUT2D eigenvalue weighted by Crippen LogP contribution is 2.49. The Kier molecular flexibility index (Phi) is 5.79. The van der Waals surface area contributed by atoms with E-state index in [1.165, 1.54) is 25.7 Å². The number of nitrogens with one attached hydrogen (secondary N) is 2. The van der Waals surface area contributed by atoms with Crippen LogP contribution in [0, 0.1) is 17.8 Å². The summed E-state index contributed by atoms with van der Waals surface area (Å²) in [4.78, 5) is 18.9. The van der Waals surface area contributed by atoms with Crippen LogP contribution in [0.4, 0.5) is 0 Å². The summed E-state index contributed by atoms with van der Waals surface area (Å²) >= 11 is 0. The molecule has 0 bridgehead atoms. The minimum atomic E-state index is 0.277. The van der Waals surface area contributed by atoms with Crippen LogP contribution in [0.3, 0.4) is 0 Å².